The van der Waals surface area contributed by atoms with Gasteiger partial charge in [-0.3, -0.25) is 14.4 Å². The van der Waals surface area contributed by atoms with E-state index >= 15 is 0 Å². The first-order valence-corrected chi connectivity index (χ1v) is 12.2. The van der Waals surface area contributed by atoms with Gasteiger partial charge in [-0.2, -0.15) is 0 Å². The smallest absolute Gasteiger partial charge is 0.264 e. The molecule has 0 aliphatic carbocycles. The summed E-state index contributed by atoms with van der Waals surface area (Å²) < 4.78 is 27.3. The Hall–Kier alpha value is -3.20. The van der Waals surface area contributed by atoms with E-state index in [1.165, 1.54) is 36.6 Å². The molecule has 32 heavy (non-hydrogen) atoms. The maximum atomic E-state index is 13.1. The minimum atomic E-state index is -3.89. The van der Waals surface area contributed by atoms with Crippen LogP contribution in [0.15, 0.2) is 89.1 Å². The van der Waals surface area contributed by atoms with Crippen molar-refractivity contribution in [3.8, 4) is 11.3 Å². The Balaban J connectivity index is 1.59. The normalized spacial score (nSPS) is 11.2. The summed E-state index contributed by atoms with van der Waals surface area (Å²) in [7, 11) is -2.43. The van der Waals surface area contributed by atoms with Crippen LogP contribution in [0.1, 0.15) is 10.4 Å². The molecule has 4 aromatic rings. The van der Waals surface area contributed by atoms with Gasteiger partial charge in [0.15, 0.2) is 5.13 Å². The average molecular weight is 484 g/mol. The van der Waals surface area contributed by atoms with Gasteiger partial charge < -0.3 is 0 Å². The molecule has 1 aromatic heterocycles. The van der Waals surface area contributed by atoms with Gasteiger partial charge in [0.25, 0.3) is 15.9 Å². The molecule has 0 saturated heterocycles. The SMILES string of the molecule is CN(c1ccccc1)S(=O)(=O)c1ccc(Cl)c(C(=O)Nc2nc(-c3ccccc3)cs2)c1. The summed E-state index contributed by atoms with van der Waals surface area (Å²) in [5.74, 6) is -0.539. The molecule has 3 aromatic carbocycles. The zero-order valence-corrected chi connectivity index (χ0v) is 19.3. The molecule has 6 nitrogen and oxygen atoms in total. The lowest BCUT2D eigenvalue weighted by Gasteiger charge is -2.20. The van der Waals surface area contributed by atoms with Crippen LogP contribution >= 0.6 is 22.9 Å². The molecule has 1 N–H and O–H groups in total. The highest BCUT2D eigenvalue weighted by molar-refractivity contribution is 7.92. The maximum absolute atomic E-state index is 13.1. The molecule has 4 rings (SSSR count). The van der Waals surface area contributed by atoms with E-state index in [9.17, 15) is 13.2 Å². The third kappa shape index (κ3) is 4.52. The number of hydrogen-bond donors (Lipinski definition) is 1. The average Bonchev–Trinajstić information content (AvgIpc) is 3.28. The molecule has 0 fully saturated rings. The van der Waals surface area contributed by atoms with Gasteiger partial charge in [0, 0.05) is 18.0 Å². The molecule has 1 heterocycles. The molecule has 0 spiro atoms. The van der Waals surface area contributed by atoms with Crippen molar-refractivity contribution in [3.05, 3.63) is 94.8 Å². The number of aromatic nitrogens is 1. The van der Waals surface area contributed by atoms with Gasteiger partial charge >= 0.3 is 0 Å². The number of carbonyl (C=O) groups is 1. The monoisotopic (exact) mass is 483 g/mol. The Morgan fingerprint density at radius 3 is 2.34 bits per heavy atom. The number of amides is 1. The fourth-order valence-corrected chi connectivity index (χ4v) is 5.15. The van der Waals surface area contributed by atoms with E-state index < -0.39 is 15.9 Å². The molecule has 0 unspecified atom stereocenters. The number of sulfonamides is 1. The number of rotatable bonds is 6. The van der Waals surface area contributed by atoms with E-state index in [0.29, 0.717) is 10.8 Å². The molecule has 0 aliphatic rings. The van der Waals surface area contributed by atoms with Crippen molar-refractivity contribution in [2.24, 2.45) is 0 Å². The number of anilines is 2. The Morgan fingerprint density at radius 1 is 1.00 bits per heavy atom. The van der Waals surface area contributed by atoms with Crippen molar-refractivity contribution < 1.29 is 13.2 Å². The molecule has 9 heteroatoms. The van der Waals surface area contributed by atoms with Gasteiger partial charge in [-0.1, -0.05) is 60.1 Å². The van der Waals surface area contributed by atoms with Gasteiger partial charge in [-0.05, 0) is 30.3 Å². The highest BCUT2D eigenvalue weighted by atomic mass is 35.5. The zero-order valence-electron chi connectivity index (χ0n) is 16.9. The van der Waals surface area contributed by atoms with Crippen LogP contribution < -0.4 is 9.62 Å². The van der Waals surface area contributed by atoms with Crippen molar-refractivity contribution in [2.45, 2.75) is 4.90 Å². The number of para-hydroxylation sites is 1. The summed E-state index contributed by atoms with van der Waals surface area (Å²) in [6, 6.07) is 22.3. The third-order valence-corrected chi connectivity index (χ3v) is 7.62. The highest BCUT2D eigenvalue weighted by Gasteiger charge is 2.24. The third-order valence-electron chi connectivity index (χ3n) is 4.75. The summed E-state index contributed by atoms with van der Waals surface area (Å²) >= 11 is 7.49. The summed E-state index contributed by atoms with van der Waals surface area (Å²) in [5, 5.41) is 5.07. The summed E-state index contributed by atoms with van der Waals surface area (Å²) in [4.78, 5) is 17.3. The number of nitrogens with one attached hydrogen (secondary N) is 1. The number of hydrogen-bond acceptors (Lipinski definition) is 5. The second-order valence-electron chi connectivity index (χ2n) is 6.81. The van der Waals surface area contributed by atoms with Gasteiger partial charge in [0.1, 0.15) is 0 Å². The first kappa shape index (κ1) is 22.0. The number of thiazole rings is 1. The number of carbonyl (C=O) groups excluding carboxylic acids is 1. The minimum absolute atomic E-state index is 0.0393. The van der Waals surface area contributed by atoms with E-state index in [-0.39, 0.29) is 15.5 Å². The van der Waals surface area contributed by atoms with Gasteiger partial charge in [0.2, 0.25) is 0 Å². The maximum Gasteiger partial charge on any atom is 0.264 e. The molecule has 0 radical (unpaired) electrons. The van der Waals surface area contributed by atoms with Crippen molar-refractivity contribution in [1.29, 1.82) is 0 Å². The molecule has 0 bridgehead atoms. The van der Waals surface area contributed by atoms with Crippen molar-refractivity contribution in [3.63, 3.8) is 0 Å². The van der Waals surface area contributed by atoms with Crippen LogP contribution in [0, 0.1) is 0 Å². The lowest BCUT2D eigenvalue weighted by molar-refractivity contribution is 0.102. The largest absolute Gasteiger partial charge is 0.298 e. The molecule has 162 valence electrons. The molecule has 0 atom stereocenters. The Labute approximate surface area is 195 Å². The summed E-state index contributed by atoms with van der Waals surface area (Å²) in [5.41, 5.74) is 2.22. The van der Waals surface area contributed by atoms with E-state index in [2.05, 4.69) is 10.3 Å². The van der Waals surface area contributed by atoms with Crippen molar-refractivity contribution in [1.82, 2.24) is 4.98 Å². The Kier molecular flexibility index (Phi) is 6.27. The van der Waals surface area contributed by atoms with Crippen LogP contribution in [0.5, 0.6) is 0 Å². The van der Waals surface area contributed by atoms with Crippen LogP contribution in [-0.2, 0) is 10.0 Å². The predicted octanol–water partition coefficient (Wildman–Crippen LogP) is 5.54. The van der Waals surface area contributed by atoms with Gasteiger partial charge in [0.05, 0.1) is 26.9 Å². The van der Waals surface area contributed by atoms with E-state index in [4.69, 9.17) is 11.6 Å². The predicted molar refractivity (Wildman–Crippen MR) is 129 cm³/mol. The van der Waals surface area contributed by atoms with Gasteiger partial charge in [-0.25, -0.2) is 13.4 Å². The van der Waals surface area contributed by atoms with Crippen LogP contribution in [0.4, 0.5) is 10.8 Å². The van der Waals surface area contributed by atoms with Gasteiger partial charge in [-0.15, -0.1) is 11.3 Å². The molecule has 1 amide bonds. The van der Waals surface area contributed by atoms with Crippen molar-refractivity contribution in [2.75, 3.05) is 16.7 Å². The van der Waals surface area contributed by atoms with E-state index in [1.807, 2.05) is 35.7 Å². The number of benzene rings is 3. The van der Waals surface area contributed by atoms with Crippen LogP contribution in [0.2, 0.25) is 5.02 Å². The fourth-order valence-electron chi connectivity index (χ4n) is 3.01. The lowest BCUT2D eigenvalue weighted by atomic mass is 10.2. The first-order valence-electron chi connectivity index (χ1n) is 9.52. The number of nitrogens with zero attached hydrogens (tertiary/aromatic N) is 2. The summed E-state index contributed by atoms with van der Waals surface area (Å²) in [6.07, 6.45) is 0. The van der Waals surface area contributed by atoms with Crippen LogP contribution in [-0.4, -0.2) is 26.4 Å². The second kappa shape index (κ2) is 9.12. The first-order chi connectivity index (χ1) is 15.4. The van der Waals surface area contributed by atoms with Crippen LogP contribution in [0.3, 0.4) is 0 Å². The highest BCUT2D eigenvalue weighted by Crippen LogP contribution is 2.28. The Morgan fingerprint density at radius 2 is 1.66 bits per heavy atom. The standard InChI is InChI=1S/C23H18ClN3O3S2/c1-27(17-10-6-3-7-11-17)32(29,30)18-12-13-20(24)19(14-18)22(28)26-23-25-21(15-31-23)16-8-4-2-5-9-16/h2-15H,1H3,(H,25,26,28). The fraction of sp³-hybridized carbons (Fsp3) is 0.0435. The lowest BCUT2D eigenvalue weighted by Crippen LogP contribution is -2.27. The summed E-state index contributed by atoms with van der Waals surface area (Å²) in [6.45, 7) is 0. The van der Waals surface area contributed by atoms with E-state index in [0.717, 1.165) is 15.6 Å². The minimum Gasteiger partial charge on any atom is -0.298 e. The molecule has 0 aliphatic heterocycles. The number of halogens is 1. The quantitative estimate of drug-likeness (QED) is 0.390. The van der Waals surface area contributed by atoms with Crippen LogP contribution in [0.25, 0.3) is 11.3 Å². The second-order valence-corrected chi connectivity index (χ2v) is 10.0. The zero-order chi connectivity index (χ0) is 22.7. The van der Waals surface area contributed by atoms with E-state index in [1.54, 1.807) is 30.3 Å². The van der Waals surface area contributed by atoms with Crippen molar-refractivity contribution >= 4 is 49.7 Å². The molecule has 0 saturated carbocycles. The molecular formula is C23H18ClN3O3S2. The Bertz CT molecular complexity index is 1360. The topological polar surface area (TPSA) is 79.4 Å². The molecular weight excluding hydrogens is 466 g/mol.